The minimum Gasteiger partial charge on any atom is -0.508 e. The van der Waals surface area contributed by atoms with Crippen LogP contribution in [0, 0.1) is 5.92 Å². The van der Waals surface area contributed by atoms with Gasteiger partial charge in [0.25, 0.3) is 0 Å². The summed E-state index contributed by atoms with van der Waals surface area (Å²) in [6, 6.07) is 6.75. The standard InChI is InChI=1S/C18H27NO2/c1-4-18(10-13(2)9-14(3)11-18)19-12-17(21)15-5-7-16(20)8-6-15/h5-8,14,17,19-21H,2,4,9-12H2,1,3H3. The first kappa shape index (κ1) is 16.1. The molecule has 0 amide bonds. The fourth-order valence-corrected chi connectivity index (χ4v) is 3.51. The Morgan fingerprint density at radius 3 is 2.62 bits per heavy atom. The SMILES string of the molecule is C=C1CC(C)CC(CC)(NCC(O)c2ccc(O)cc2)C1. The van der Waals surface area contributed by atoms with Crippen molar-refractivity contribution in [2.24, 2.45) is 5.92 Å². The van der Waals surface area contributed by atoms with Crippen LogP contribution in [0.5, 0.6) is 5.75 Å². The molecule has 1 aromatic carbocycles. The molecule has 1 aliphatic rings. The third-order valence-corrected chi connectivity index (χ3v) is 4.59. The van der Waals surface area contributed by atoms with Crippen LogP contribution in [-0.4, -0.2) is 22.3 Å². The van der Waals surface area contributed by atoms with E-state index in [2.05, 4.69) is 25.7 Å². The van der Waals surface area contributed by atoms with E-state index in [1.165, 1.54) is 5.57 Å². The number of β-amino-alcohol motifs (C(OH)–C–C–N with tert-alkyl or cyclic N) is 1. The van der Waals surface area contributed by atoms with Gasteiger partial charge in [-0.1, -0.05) is 38.1 Å². The molecule has 1 aliphatic carbocycles. The highest BCUT2D eigenvalue weighted by Crippen LogP contribution is 2.37. The van der Waals surface area contributed by atoms with E-state index in [4.69, 9.17) is 0 Å². The highest BCUT2D eigenvalue weighted by Gasteiger charge is 2.34. The fourth-order valence-electron chi connectivity index (χ4n) is 3.51. The predicted molar refractivity (Wildman–Crippen MR) is 86.2 cm³/mol. The van der Waals surface area contributed by atoms with Crippen LogP contribution < -0.4 is 5.32 Å². The first-order valence-electron chi connectivity index (χ1n) is 7.83. The lowest BCUT2D eigenvalue weighted by Gasteiger charge is -2.42. The number of nitrogens with one attached hydrogen (secondary N) is 1. The quantitative estimate of drug-likeness (QED) is 0.727. The highest BCUT2D eigenvalue weighted by molar-refractivity contribution is 5.27. The number of aliphatic hydroxyl groups excluding tert-OH is 1. The van der Waals surface area contributed by atoms with E-state index in [0.29, 0.717) is 12.5 Å². The largest absolute Gasteiger partial charge is 0.508 e. The Morgan fingerprint density at radius 1 is 1.38 bits per heavy atom. The van der Waals surface area contributed by atoms with Crippen LogP contribution in [0.4, 0.5) is 0 Å². The van der Waals surface area contributed by atoms with Gasteiger partial charge in [-0.2, -0.15) is 0 Å². The van der Waals surface area contributed by atoms with Crippen molar-refractivity contribution < 1.29 is 10.2 Å². The van der Waals surface area contributed by atoms with Crippen LogP contribution in [0.1, 0.15) is 51.2 Å². The van der Waals surface area contributed by atoms with Crippen molar-refractivity contribution in [3.8, 4) is 5.75 Å². The van der Waals surface area contributed by atoms with E-state index < -0.39 is 6.10 Å². The average Bonchev–Trinajstić information content (AvgIpc) is 2.44. The topological polar surface area (TPSA) is 52.5 Å². The van der Waals surface area contributed by atoms with Gasteiger partial charge in [0.1, 0.15) is 5.75 Å². The Balaban J connectivity index is 1.99. The van der Waals surface area contributed by atoms with Gasteiger partial charge in [0.2, 0.25) is 0 Å². The molecule has 0 bridgehead atoms. The second kappa shape index (κ2) is 6.63. The van der Waals surface area contributed by atoms with E-state index in [1.54, 1.807) is 24.3 Å². The number of benzene rings is 1. The van der Waals surface area contributed by atoms with Gasteiger partial charge in [-0.05, 0) is 49.3 Å². The minimum absolute atomic E-state index is 0.0622. The Morgan fingerprint density at radius 2 is 2.05 bits per heavy atom. The molecule has 2 rings (SSSR count). The molecule has 3 nitrogen and oxygen atoms in total. The second-order valence-electron chi connectivity index (χ2n) is 6.56. The van der Waals surface area contributed by atoms with Crippen LogP contribution in [0.15, 0.2) is 36.4 Å². The molecule has 0 spiro atoms. The number of rotatable bonds is 5. The molecule has 1 fully saturated rings. The number of hydrogen-bond donors (Lipinski definition) is 3. The first-order chi connectivity index (χ1) is 9.94. The Labute approximate surface area is 127 Å². The summed E-state index contributed by atoms with van der Waals surface area (Å²) in [5.41, 5.74) is 2.20. The molecule has 21 heavy (non-hydrogen) atoms. The summed E-state index contributed by atoms with van der Waals surface area (Å²) >= 11 is 0. The van der Waals surface area contributed by atoms with Gasteiger partial charge in [0.05, 0.1) is 6.10 Å². The maximum atomic E-state index is 10.3. The summed E-state index contributed by atoms with van der Waals surface area (Å²) < 4.78 is 0. The Bertz CT molecular complexity index is 482. The zero-order valence-corrected chi connectivity index (χ0v) is 13.1. The summed E-state index contributed by atoms with van der Waals surface area (Å²) in [4.78, 5) is 0. The van der Waals surface area contributed by atoms with E-state index >= 15 is 0 Å². The van der Waals surface area contributed by atoms with Gasteiger partial charge in [0, 0.05) is 12.1 Å². The predicted octanol–water partition coefficient (Wildman–Crippen LogP) is 3.54. The molecule has 0 aromatic heterocycles. The van der Waals surface area contributed by atoms with Gasteiger partial charge in [-0.15, -0.1) is 0 Å². The average molecular weight is 289 g/mol. The number of phenolic OH excluding ortho intramolecular Hbond substituents is 1. The highest BCUT2D eigenvalue weighted by atomic mass is 16.3. The summed E-state index contributed by atoms with van der Waals surface area (Å²) in [5.74, 6) is 0.867. The van der Waals surface area contributed by atoms with E-state index in [0.717, 1.165) is 31.2 Å². The fraction of sp³-hybridized carbons (Fsp3) is 0.556. The molecular weight excluding hydrogens is 262 g/mol. The van der Waals surface area contributed by atoms with Crippen molar-refractivity contribution in [1.82, 2.24) is 5.32 Å². The lowest BCUT2D eigenvalue weighted by molar-refractivity contribution is 0.137. The summed E-state index contributed by atoms with van der Waals surface area (Å²) in [7, 11) is 0. The zero-order valence-electron chi connectivity index (χ0n) is 13.1. The van der Waals surface area contributed by atoms with E-state index in [1.807, 2.05) is 0 Å². The van der Waals surface area contributed by atoms with Crippen molar-refractivity contribution in [1.29, 1.82) is 0 Å². The lowest BCUT2D eigenvalue weighted by Crippen LogP contribution is -2.49. The molecule has 0 aliphatic heterocycles. The molecule has 3 N–H and O–H groups in total. The Hall–Kier alpha value is -1.32. The monoisotopic (exact) mass is 289 g/mol. The van der Waals surface area contributed by atoms with Gasteiger partial charge >= 0.3 is 0 Å². The van der Waals surface area contributed by atoms with Crippen LogP contribution in [0.25, 0.3) is 0 Å². The molecule has 0 heterocycles. The summed E-state index contributed by atoms with van der Waals surface area (Å²) in [6.07, 6.45) is 3.73. The molecule has 1 aromatic rings. The van der Waals surface area contributed by atoms with E-state index in [9.17, 15) is 10.2 Å². The van der Waals surface area contributed by atoms with E-state index in [-0.39, 0.29) is 11.3 Å². The zero-order chi connectivity index (χ0) is 15.5. The molecule has 3 heteroatoms. The molecule has 0 radical (unpaired) electrons. The van der Waals surface area contributed by atoms with Crippen molar-refractivity contribution in [3.63, 3.8) is 0 Å². The van der Waals surface area contributed by atoms with Crippen molar-refractivity contribution in [2.75, 3.05) is 6.54 Å². The van der Waals surface area contributed by atoms with Crippen molar-refractivity contribution >= 4 is 0 Å². The number of aliphatic hydroxyl groups is 1. The number of phenols is 1. The molecule has 3 unspecified atom stereocenters. The second-order valence-corrected chi connectivity index (χ2v) is 6.56. The van der Waals surface area contributed by atoms with Gasteiger partial charge in [-0.25, -0.2) is 0 Å². The number of aromatic hydroxyl groups is 1. The van der Waals surface area contributed by atoms with Crippen LogP contribution in [0.2, 0.25) is 0 Å². The molecule has 116 valence electrons. The lowest BCUT2D eigenvalue weighted by atomic mass is 9.73. The molecule has 1 saturated carbocycles. The maximum Gasteiger partial charge on any atom is 0.115 e. The van der Waals surface area contributed by atoms with Crippen LogP contribution in [0.3, 0.4) is 0 Å². The third-order valence-electron chi connectivity index (χ3n) is 4.59. The van der Waals surface area contributed by atoms with Crippen LogP contribution in [-0.2, 0) is 0 Å². The van der Waals surface area contributed by atoms with Gasteiger partial charge in [0.15, 0.2) is 0 Å². The normalized spacial score (nSPS) is 27.6. The minimum atomic E-state index is -0.556. The molecule has 3 atom stereocenters. The van der Waals surface area contributed by atoms with Crippen molar-refractivity contribution in [2.45, 2.75) is 51.2 Å². The smallest absolute Gasteiger partial charge is 0.115 e. The van der Waals surface area contributed by atoms with Gasteiger partial charge in [-0.3, -0.25) is 0 Å². The van der Waals surface area contributed by atoms with Crippen molar-refractivity contribution in [3.05, 3.63) is 42.0 Å². The number of hydrogen-bond acceptors (Lipinski definition) is 3. The molecular formula is C18H27NO2. The van der Waals surface area contributed by atoms with Crippen LogP contribution >= 0.6 is 0 Å². The third kappa shape index (κ3) is 4.08. The summed E-state index contributed by atoms with van der Waals surface area (Å²) in [6.45, 7) is 9.17. The Kier molecular flexibility index (Phi) is 5.07. The molecule has 0 saturated heterocycles. The maximum absolute atomic E-state index is 10.3. The first-order valence-corrected chi connectivity index (χ1v) is 7.83. The van der Waals surface area contributed by atoms with Gasteiger partial charge < -0.3 is 15.5 Å². The summed E-state index contributed by atoms with van der Waals surface area (Å²) in [5, 5.41) is 23.2.